The number of hydrogen-bond acceptors (Lipinski definition) is 3. The number of carbonyl (C=O) groups is 1. The second-order valence-corrected chi connectivity index (χ2v) is 7.08. The highest BCUT2D eigenvalue weighted by Gasteiger charge is 2.23. The molecule has 0 amide bonds. The van der Waals surface area contributed by atoms with Crippen molar-refractivity contribution in [1.82, 2.24) is 0 Å². The number of thioether (sulfide) groups is 1. The Hall–Kier alpha value is -0.740. The lowest BCUT2D eigenvalue weighted by molar-refractivity contribution is 0.103. The number of fused-ring (bicyclic) bond motifs is 1. The molecule has 5 heteroatoms. The van der Waals surface area contributed by atoms with Crippen LogP contribution >= 0.6 is 46.3 Å². The SMILES string of the molecule is O=C1/C(=C/c2ccc(Cl)cc2Cl)CSc2sccc21. The first-order valence-electron chi connectivity index (χ1n) is 5.56. The highest BCUT2D eigenvalue weighted by Crippen LogP contribution is 2.37. The van der Waals surface area contributed by atoms with E-state index in [0.717, 1.165) is 20.9 Å². The summed E-state index contributed by atoms with van der Waals surface area (Å²) in [6.45, 7) is 0. The third-order valence-corrected chi connectivity index (χ3v) is 5.67. The highest BCUT2D eigenvalue weighted by molar-refractivity contribution is 8.01. The summed E-state index contributed by atoms with van der Waals surface area (Å²) in [6.07, 6.45) is 1.86. The summed E-state index contributed by atoms with van der Waals surface area (Å²) in [5.41, 5.74) is 2.41. The maximum Gasteiger partial charge on any atom is 0.191 e. The predicted molar refractivity (Wildman–Crippen MR) is 83.8 cm³/mol. The van der Waals surface area contributed by atoms with E-state index in [2.05, 4.69) is 0 Å². The van der Waals surface area contributed by atoms with Crippen molar-refractivity contribution in [2.45, 2.75) is 4.21 Å². The Bertz CT molecular complexity index is 689. The van der Waals surface area contributed by atoms with Crippen molar-refractivity contribution in [2.24, 2.45) is 0 Å². The van der Waals surface area contributed by atoms with Gasteiger partial charge in [0.2, 0.25) is 0 Å². The standard InChI is InChI=1S/C14H8Cl2OS2/c15-10-2-1-8(12(16)6-10)5-9-7-19-14-11(13(9)17)3-4-18-14/h1-6H,7H2/b9-5+. The molecule has 1 aromatic heterocycles. The number of carbonyl (C=O) groups excluding carboxylic acids is 1. The first-order valence-corrected chi connectivity index (χ1v) is 8.18. The van der Waals surface area contributed by atoms with E-state index in [-0.39, 0.29) is 5.78 Å². The molecule has 1 aliphatic heterocycles. The monoisotopic (exact) mass is 326 g/mol. The second kappa shape index (κ2) is 5.33. The highest BCUT2D eigenvalue weighted by atomic mass is 35.5. The number of hydrogen-bond donors (Lipinski definition) is 0. The molecule has 0 bridgehead atoms. The Kier molecular flexibility index (Phi) is 3.72. The summed E-state index contributed by atoms with van der Waals surface area (Å²) >= 11 is 15.3. The lowest BCUT2D eigenvalue weighted by atomic mass is 10.0. The van der Waals surface area contributed by atoms with Crippen LogP contribution in [-0.4, -0.2) is 11.5 Å². The van der Waals surface area contributed by atoms with Crippen LogP contribution in [0.4, 0.5) is 0 Å². The smallest absolute Gasteiger partial charge is 0.191 e. The number of Topliss-reactive ketones (excluding diaryl/α,β-unsaturated/α-hetero) is 1. The largest absolute Gasteiger partial charge is 0.289 e. The van der Waals surface area contributed by atoms with E-state index >= 15 is 0 Å². The van der Waals surface area contributed by atoms with Crippen molar-refractivity contribution in [3.8, 4) is 0 Å². The molecule has 96 valence electrons. The average Bonchev–Trinajstić information content (AvgIpc) is 2.85. The van der Waals surface area contributed by atoms with Gasteiger partial charge in [-0.2, -0.15) is 0 Å². The summed E-state index contributed by atoms with van der Waals surface area (Å²) in [6, 6.07) is 7.17. The van der Waals surface area contributed by atoms with Crippen molar-refractivity contribution in [2.75, 3.05) is 5.75 Å². The number of thiophene rings is 1. The van der Waals surface area contributed by atoms with Crippen molar-refractivity contribution in [3.05, 3.63) is 56.4 Å². The molecule has 0 fully saturated rings. The fraction of sp³-hybridized carbons (Fsp3) is 0.0714. The van der Waals surface area contributed by atoms with Crippen LogP contribution in [0.5, 0.6) is 0 Å². The van der Waals surface area contributed by atoms with E-state index < -0.39 is 0 Å². The van der Waals surface area contributed by atoms with Gasteiger partial charge < -0.3 is 0 Å². The minimum atomic E-state index is 0.0982. The molecule has 0 atom stereocenters. The van der Waals surface area contributed by atoms with Gasteiger partial charge in [0.15, 0.2) is 5.78 Å². The minimum Gasteiger partial charge on any atom is -0.289 e. The van der Waals surface area contributed by atoms with Crippen LogP contribution in [0.25, 0.3) is 6.08 Å². The van der Waals surface area contributed by atoms with Gasteiger partial charge in [-0.3, -0.25) is 4.79 Å². The van der Waals surface area contributed by atoms with E-state index in [1.54, 1.807) is 35.2 Å². The summed E-state index contributed by atoms with van der Waals surface area (Å²) in [5, 5.41) is 3.11. The Morgan fingerprint density at radius 2 is 2.05 bits per heavy atom. The Morgan fingerprint density at radius 3 is 2.84 bits per heavy atom. The lowest BCUT2D eigenvalue weighted by Crippen LogP contribution is -2.10. The second-order valence-electron chi connectivity index (χ2n) is 4.07. The van der Waals surface area contributed by atoms with Gasteiger partial charge in [-0.05, 0) is 35.2 Å². The average molecular weight is 327 g/mol. The summed E-state index contributed by atoms with van der Waals surface area (Å²) in [7, 11) is 0. The van der Waals surface area contributed by atoms with Crippen LogP contribution in [0.2, 0.25) is 10.0 Å². The summed E-state index contributed by atoms with van der Waals surface area (Å²) in [5.74, 6) is 0.784. The van der Waals surface area contributed by atoms with Gasteiger partial charge in [-0.1, -0.05) is 29.3 Å². The summed E-state index contributed by atoms with van der Waals surface area (Å²) in [4.78, 5) is 12.3. The molecule has 1 nitrogen and oxygen atoms in total. The van der Waals surface area contributed by atoms with Gasteiger partial charge in [0.05, 0.1) is 4.21 Å². The molecule has 1 aromatic carbocycles. The Labute approximate surface area is 129 Å². The van der Waals surface area contributed by atoms with Gasteiger partial charge >= 0.3 is 0 Å². The third kappa shape index (κ3) is 2.61. The zero-order chi connectivity index (χ0) is 13.4. The van der Waals surface area contributed by atoms with Gasteiger partial charge in [0.25, 0.3) is 0 Å². The van der Waals surface area contributed by atoms with Crippen molar-refractivity contribution in [1.29, 1.82) is 0 Å². The zero-order valence-corrected chi connectivity index (χ0v) is 12.8. The Morgan fingerprint density at radius 1 is 1.21 bits per heavy atom. The molecule has 0 unspecified atom stereocenters. The third-order valence-electron chi connectivity index (χ3n) is 2.82. The maximum absolute atomic E-state index is 12.3. The van der Waals surface area contributed by atoms with Crippen LogP contribution in [0.15, 0.2) is 39.4 Å². The Balaban J connectivity index is 1.99. The fourth-order valence-electron chi connectivity index (χ4n) is 1.87. The fourth-order valence-corrected chi connectivity index (χ4v) is 4.38. The molecule has 2 heterocycles. The number of benzene rings is 1. The molecule has 2 aromatic rings. The molecule has 19 heavy (non-hydrogen) atoms. The first-order chi connectivity index (χ1) is 9.15. The predicted octanol–water partition coefficient (Wildman–Crippen LogP) is 5.43. The van der Waals surface area contributed by atoms with E-state index in [0.29, 0.717) is 15.8 Å². The number of halogens is 2. The van der Waals surface area contributed by atoms with E-state index in [1.807, 2.05) is 23.6 Å². The number of rotatable bonds is 1. The molecule has 0 N–H and O–H groups in total. The molecule has 0 aliphatic carbocycles. The van der Waals surface area contributed by atoms with Gasteiger partial charge in [-0.25, -0.2) is 0 Å². The molecular weight excluding hydrogens is 319 g/mol. The van der Waals surface area contributed by atoms with Gasteiger partial charge in [0, 0.05) is 26.9 Å². The van der Waals surface area contributed by atoms with Gasteiger partial charge in [0.1, 0.15) is 0 Å². The normalized spacial score (nSPS) is 16.7. The van der Waals surface area contributed by atoms with Crippen molar-refractivity contribution in [3.63, 3.8) is 0 Å². The lowest BCUT2D eigenvalue weighted by Gasteiger charge is -2.13. The quantitative estimate of drug-likeness (QED) is 0.650. The molecule has 3 rings (SSSR count). The van der Waals surface area contributed by atoms with E-state index in [4.69, 9.17) is 23.2 Å². The minimum absolute atomic E-state index is 0.0982. The van der Waals surface area contributed by atoms with Crippen molar-refractivity contribution >= 4 is 58.2 Å². The van der Waals surface area contributed by atoms with Crippen LogP contribution in [-0.2, 0) is 0 Å². The molecule has 0 radical (unpaired) electrons. The van der Waals surface area contributed by atoms with Crippen LogP contribution in [0.3, 0.4) is 0 Å². The van der Waals surface area contributed by atoms with E-state index in [9.17, 15) is 4.79 Å². The topological polar surface area (TPSA) is 17.1 Å². The molecule has 0 spiro atoms. The maximum atomic E-state index is 12.3. The number of ketones is 1. The van der Waals surface area contributed by atoms with Crippen LogP contribution in [0, 0.1) is 0 Å². The van der Waals surface area contributed by atoms with E-state index in [1.165, 1.54) is 0 Å². The molecular formula is C14H8Cl2OS2. The molecule has 1 aliphatic rings. The summed E-state index contributed by atoms with van der Waals surface area (Å²) < 4.78 is 1.10. The van der Waals surface area contributed by atoms with Crippen LogP contribution in [0.1, 0.15) is 15.9 Å². The van der Waals surface area contributed by atoms with Gasteiger partial charge in [-0.15, -0.1) is 23.1 Å². The molecule has 0 saturated carbocycles. The van der Waals surface area contributed by atoms with Crippen molar-refractivity contribution < 1.29 is 4.79 Å². The zero-order valence-electron chi connectivity index (χ0n) is 9.65. The molecule has 0 saturated heterocycles. The first kappa shape index (κ1) is 13.3. The van der Waals surface area contributed by atoms with Crippen LogP contribution < -0.4 is 0 Å².